The molecule has 0 aromatic heterocycles. The van der Waals surface area contributed by atoms with Gasteiger partial charge in [-0.3, -0.25) is 4.79 Å². The Hall–Kier alpha value is -0.675. The molecule has 0 spiro atoms. The van der Waals surface area contributed by atoms with Crippen molar-refractivity contribution in [3.05, 3.63) is 0 Å². The van der Waals surface area contributed by atoms with Crippen LogP contribution in [0.15, 0.2) is 0 Å². The second kappa shape index (κ2) is 5.06. The molecule has 0 bridgehead atoms. The standard InChI is InChI=1S/C6H11BF3O2/c8-7(9,10)5-3-1-2-4-6(11)12/h1-5H2,(H,11,12)/q-1. The first kappa shape index (κ1) is 11.3. The summed E-state index contributed by atoms with van der Waals surface area (Å²) in [4.78, 5) is 9.94. The Bertz CT molecular complexity index is 146. The Balaban J connectivity index is 3.17. The van der Waals surface area contributed by atoms with Gasteiger partial charge in [0.05, 0.1) is 0 Å². The van der Waals surface area contributed by atoms with E-state index in [-0.39, 0.29) is 12.8 Å². The third-order valence-corrected chi connectivity index (χ3v) is 1.42. The van der Waals surface area contributed by atoms with Crippen LogP contribution in [0.5, 0.6) is 0 Å². The predicted molar refractivity (Wildman–Crippen MR) is 40.0 cm³/mol. The van der Waals surface area contributed by atoms with Crippen molar-refractivity contribution in [1.29, 1.82) is 0 Å². The van der Waals surface area contributed by atoms with Crippen LogP contribution in [0.3, 0.4) is 0 Å². The summed E-state index contributed by atoms with van der Waals surface area (Å²) in [7, 11) is 0. The van der Waals surface area contributed by atoms with Gasteiger partial charge >= 0.3 is 12.9 Å². The highest BCUT2D eigenvalue weighted by molar-refractivity contribution is 6.58. The minimum Gasteiger partial charge on any atom is -0.481 e. The third-order valence-electron chi connectivity index (χ3n) is 1.42. The topological polar surface area (TPSA) is 37.3 Å². The van der Waals surface area contributed by atoms with Crippen LogP contribution in [0, 0.1) is 0 Å². The summed E-state index contributed by atoms with van der Waals surface area (Å²) < 4.78 is 34.8. The molecule has 0 rings (SSSR count). The van der Waals surface area contributed by atoms with Gasteiger partial charge in [0.25, 0.3) is 0 Å². The van der Waals surface area contributed by atoms with Crippen LogP contribution in [0.1, 0.15) is 25.7 Å². The molecule has 0 amide bonds. The lowest BCUT2D eigenvalue weighted by Gasteiger charge is -2.11. The van der Waals surface area contributed by atoms with Crippen LogP contribution < -0.4 is 0 Å². The fourth-order valence-electron chi connectivity index (χ4n) is 0.829. The fraction of sp³-hybridized carbons (Fsp3) is 0.833. The number of hydrogen-bond acceptors (Lipinski definition) is 1. The fourth-order valence-corrected chi connectivity index (χ4v) is 0.829. The number of aliphatic carboxylic acids is 1. The van der Waals surface area contributed by atoms with Crippen LogP contribution in [0.2, 0.25) is 6.32 Å². The molecule has 0 saturated heterocycles. The summed E-state index contributed by atoms with van der Waals surface area (Å²) in [6.45, 7) is -4.68. The average Bonchev–Trinajstić information content (AvgIpc) is 1.83. The van der Waals surface area contributed by atoms with Gasteiger partial charge < -0.3 is 18.1 Å². The molecule has 0 aliphatic carbocycles. The predicted octanol–water partition coefficient (Wildman–Crippen LogP) is 2.48. The van der Waals surface area contributed by atoms with Gasteiger partial charge in [0.1, 0.15) is 0 Å². The number of unbranched alkanes of at least 4 members (excludes halogenated alkanes) is 2. The lowest BCUT2D eigenvalue weighted by atomic mass is 9.83. The summed E-state index contributed by atoms with van der Waals surface area (Å²) in [5, 5.41) is 8.15. The third kappa shape index (κ3) is 9.32. The second-order valence-electron chi connectivity index (χ2n) is 2.70. The van der Waals surface area contributed by atoms with Crippen molar-refractivity contribution in [2.75, 3.05) is 0 Å². The van der Waals surface area contributed by atoms with Crippen LogP contribution >= 0.6 is 0 Å². The lowest BCUT2D eigenvalue weighted by Crippen LogP contribution is -2.13. The van der Waals surface area contributed by atoms with E-state index in [2.05, 4.69) is 0 Å². The van der Waals surface area contributed by atoms with E-state index in [9.17, 15) is 17.7 Å². The first-order chi connectivity index (χ1) is 5.42. The molecule has 0 heterocycles. The molecule has 0 aliphatic heterocycles. The maximum atomic E-state index is 11.6. The van der Waals surface area contributed by atoms with Crippen molar-refractivity contribution in [2.45, 2.75) is 32.0 Å². The molecule has 0 unspecified atom stereocenters. The number of rotatable bonds is 6. The minimum absolute atomic E-state index is 0.0368. The van der Waals surface area contributed by atoms with E-state index in [0.29, 0.717) is 12.8 Å². The molecule has 6 heteroatoms. The van der Waals surface area contributed by atoms with Crippen molar-refractivity contribution < 1.29 is 22.8 Å². The molecular formula is C6H11BF3O2-. The maximum absolute atomic E-state index is 11.6. The lowest BCUT2D eigenvalue weighted by molar-refractivity contribution is -0.137. The molecule has 0 radical (unpaired) electrons. The zero-order valence-corrected chi connectivity index (χ0v) is 6.60. The average molecular weight is 183 g/mol. The molecule has 72 valence electrons. The van der Waals surface area contributed by atoms with Gasteiger partial charge in [0.15, 0.2) is 0 Å². The van der Waals surface area contributed by atoms with E-state index in [1.165, 1.54) is 0 Å². The minimum atomic E-state index is -4.68. The summed E-state index contributed by atoms with van der Waals surface area (Å²) in [6.07, 6.45) is -0.0592. The molecule has 1 N–H and O–H groups in total. The molecule has 2 nitrogen and oxygen atoms in total. The largest absolute Gasteiger partial charge is 0.481 e. The van der Waals surface area contributed by atoms with Gasteiger partial charge in [0, 0.05) is 6.42 Å². The van der Waals surface area contributed by atoms with E-state index in [0.717, 1.165) is 0 Å². The van der Waals surface area contributed by atoms with Gasteiger partial charge in [0.2, 0.25) is 0 Å². The molecule has 0 saturated carbocycles. The molecule has 0 aliphatic rings. The van der Waals surface area contributed by atoms with Crippen molar-refractivity contribution in [3.8, 4) is 0 Å². The van der Waals surface area contributed by atoms with Crippen LogP contribution in [-0.2, 0) is 4.79 Å². The smallest absolute Gasteiger partial charge is 0.478 e. The molecule has 0 aromatic rings. The Labute approximate surface area is 68.8 Å². The van der Waals surface area contributed by atoms with E-state index >= 15 is 0 Å². The molecule has 12 heavy (non-hydrogen) atoms. The van der Waals surface area contributed by atoms with Gasteiger partial charge in [-0.25, -0.2) is 0 Å². The highest BCUT2D eigenvalue weighted by Crippen LogP contribution is 2.18. The molecule has 0 atom stereocenters. The summed E-state index contributed by atoms with van der Waals surface area (Å²) >= 11 is 0. The molecular weight excluding hydrogens is 172 g/mol. The Morgan fingerprint density at radius 3 is 2.17 bits per heavy atom. The van der Waals surface area contributed by atoms with Gasteiger partial charge in [-0.05, 0) is 6.42 Å². The quantitative estimate of drug-likeness (QED) is 0.507. The van der Waals surface area contributed by atoms with E-state index < -0.39 is 19.3 Å². The molecule has 0 fully saturated rings. The number of halogens is 3. The van der Waals surface area contributed by atoms with Crippen LogP contribution in [0.25, 0.3) is 0 Å². The number of carbonyl (C=O) groups is 1. The highest BCUT2D eigenvalue weighted by atomic mass is 19.4. The van der Waals surface area contributed by atoms with Gasteiger partial charge in [-0.1, -0.05) is 19.2 Å². The van der Waals surface area contributed by atoms with Crippen molar-refractivity contribution in [3.63, 3.8) is 0 Å². The van der Waals surface area contributed by atoms with Crippen molar-refractivity contribution in [1.82, 2.24) is 0 Å². The van der Waals surface area contributed by atoms with Crippen LogP contribution in [-0.4, -0.2) is 18.1 Å². The number of carboxylic acid groups (broad SMARTS) is 1. The van der Waals surface area contributed by atoms with Gasteiger partial charge in [-0.15, -0.1) is 0 Å². The van der Waals surface area contributed by atoms with E-state index in [1.807, 2.05) is 0 Å². The summed E-state index contributed by atoms with van der Waals surface area (Å²) in [5.74, 6) is -0.951. The van der Waals surface area contributed by atoms with E-state index in [1.54, 1.807) is 0 Å². The Morgan fingerprint density at radius 2 is 1.75 bits per heavy atom. The van der Waals surface area contributed by atoms with Crippen molar-refractivity contribution in [2.24, 2.45) is 0 Å². The number of hydrogen-bond donors (Lipinski definition) is 1. The zero-order valence-electron chi connectivity index (χ0n) is 6.60. The van der Waals surface area contributed by atoms with Crippen molar-refractivity contribution >= 4 is 12.9 Å². The maximum Gasteiger partial charge on any atom is 0.478 e. The SMILES string of the molecule is O=C(O)CCCCC[B-](F)(F)F. The normalized spacial score (nSPS) is 11.6. The molecule has 0 aromatic carbocycles. The first-order valence-corrected chi connectivity index (χ1v) is 3.84. The number of carboxylic acids is 1. The Kier molecular flexibility index (Phi) is 4.77. The first-order valence-electron chi connectivity index (χ1n) is 3.84. The van der Waals surface area contributed by atoms with Gasteiger partial charge in [-0.2, -0.15) is 0 Å². The summed E-state index contributed by atoms with van der Waals surface area (Å²) in [6, 6.07) is 0. The summed E-state index contributed by atoms with van der Waals surface area (Å²) in [5.41, 5.74) is 0. The second-order valence-corrected chi connectivity index (χ2v) is 2.70. The highest BCUT2D eigenvalue weighted by Gasteiger charge is 2.21. The van der Waals surface area contributed by atoms with Crippen LogP contribution in [0.4, 0.5) is 12.9 Å². The zero-order chi connectivity index (χ0) is 9.61. The Morgan fingerprint density at radius 1 is 1.17 bits per heavy atom. The van der Waals surface area contributed by atoms with E-state index in [4.69, 9.17) is 5.11 Å². The monoisotopic (exact) mass is 183 g/mol.